The van der Waals surface area contributed by atoms with Crippen LogP contribution in [-0.4, -0.2) is 20.2 Å². The van der Waals surface area contributed by atoms with Crippen LogP contribution in [0.4, 0.5) is 0 Å². The summed E-state index contributed by atoms with van der Waals surface area (Å²) in [6.07, 6.45) is 2.71. The molecular weight excluding hydrogens is 258 g/mol. The second kappa shape index (κ2) is 5.63. The number of benzene rings is 1. The van der Waals surface area contributed by atoms with Crippen molar-refractivity contribution in [2.24, 2.45) is 11.7 Å². The molecule has 0 heterocycles. The van der Waals surface area contributed by atoms with Crippen LogP contribution in [0.5, 0.6) is 0 Å². The second-order valence-corrected chi connectivity index (χ2v) is 7.99. The first kappa shape index (κ1) is 14.5. The summed E-state index contributed by atoms with van der Waals surface area (Å²) < 4.78 is 25.1. The van der Waals surface area contributed by atoms with Gasteiger partial charge in [-0.2, -0.15) is 0 Å². The van der Waals surface area contributed by atoms with Gasteiger partial charge in [-0.25, -0.2) is 8.42 Å². The molecule has 2 unspecified atom stereocenters. The van der Waals surface area contributed by atoms with Gasteiger partial charge in [0.15, 0.2) is 9.84 Å². The highest BCUT2D eigenvalue weighted by atomic mass is 32.2. The highest BCUT2D eigenvalue weighted by Crippen LogP contribution is 2.32. The summed E-state index contributed by atoms with van der Waals surface area (Å²) in [5.74, 6) is 0.298. The van der Waals surface area contributed by atoms with Gasteiger partial charge < -0.3 is 5.73 Å². The summed E-state index contributed by atoms with van der Waals surface area (Å²) in [7, 11) is -3.09. The number of sulfone groups is 1. The van der Waals surface area contributed by atoms with E-state index in [9.17, 15) is 8.42 Å². The third-order valence-electron chi connectivity index (χ3n) is 4.00. The van der Waals surface area contributed by atoms with Gasteiger partial charge >= 0.3 is 0 Å². The van der Waals surface area contributed by atoms with Crippen molar-refractivity contribution in [1.82, 2.24) is 0 Å². The van der Waals surface area contributed by atoms with Crippen LogP contribution >= 0.6 is 0 Å². The molecule has 0 aromatic heterocycles. The predicted octanol–water partition coefficient (Wildman–Crippen LogP) is 2.35. The van der Waals surface area contributed by atoms with Gasteiger partial charge in [0, 0.05) is 0 Å². The minimum atomic E-state index is -3.09. The van der Waals surface area contributed by atoms with E-state index < -0.39 is 9.84 Å². The number of nitrogens with two attached hydrogens (primary N) is 1. The van der Waals surface area contributed by atoms with Crippen molar-refractivity contribution in [3.8, 4) is 0 Å². The quantitative estimate of drug-likeness (QED) is 0.921. The normalized spacial score (nSPS) is 23.7. The van der Waals surface area contributed by atoms with Crippen molar-refractivity contribution in [3.05, 3.63) is 34.9 Å². The third-order valence-corrected chi connectivity index (χ3v) is 6.28. The molecule has 4 heteroatoms. The van der Waals surface area contributed by atoms with Gasteiger partial charge in [-0.05, 0) is 44.7 Å². The number of hydrogen-bond acceptors (Lipinski definition) is 3. The first-order valence-corrected chi connectivity index (χ1v) is 8.63. The van der Waals surface area contributed by atoms with E-state index >= 15 is 0 Å². The predicted molar refractivity (Wildman–Crippen MR) is 78.7 cm³/mol. The Labute approximate surface area is 116 Å². The van der Waals surface area contributed by atoms with Crippen molar-refractivity contribution in [2.45, 2.75) is 44.1 Å². The van der Waals surface area contributed by atoms with E-state index in [2.05, 4.69) is 6.07 Å². The Morgan fingerprint density at radius 3 is 2.37 bits per heavy atom. The van der Waals surface area contributed by atoms with Crippen LogP contribution in [-0.2, 0) is 15.6 Å². The molecule has 1 saturated carbocycles. The first-order chi connectivity index (χ1) is 8.92. The van der Waals surface area contributed by atoms with Crippen LogP contribution in [0.2, 0.25) is 0 Å². The Morgan fingerprint density at radius 2 is 1.79 bits per heavy atom. The van der Waals surface area contributed by atoms with E-state index in [0.717, 1.165) is 36.0 Å². The summed E-state index contributed by atoms with van der Waals surface area (Å²) in [6.45, 7) is 4.49. The highest BCUT2D eigenvalue weighted by molar-refractivity contribution is 7.91. The molecule has 1 fully saturated rings. The molecule has 0 radical (unpaired) electrons. The second-order valence-electron chi connectivity index (χ2n) is 5.77. The molecule has 106 valence electrons. The van der Waals surface area contributed by atoms with E-state index in [1.54, 1.807) is 0 Å². The lowest BCUT2D eigenvalue weighted by molar-refractivity contribution is 0.523. The Hall–Kier alpha value is -0.870. The molecule has 2 N–H and O–H groups in total. The SMILES string of the molecule is Cc1cc(C)cc(CS(=O)(=O)C2CCCC2CN)c1. The zero-order chi connectivity index (χ0) is 14.0. The summed E-state index contributed by atoms with van der Waals surface area (Å²) in [6, 6.07) is 6.00. The Balaban J connectivity index is 2.21. The topological polar surface area (TPSA) is 60.2 Å². The maximum atomic E-state index is 12.5. The molecule has 2 atom stereocenters. The molecule has 0 aliphatic heterocycles. The van der Waals surface area contributed by atoms with Crippen LogP contribution in [0.3, 0.4) is 0 Å². The summed E-state index contributed by atoms with van der Waals surface area (Å²) in [5.41, 5.74) is 8.84. The van der Waals surface area contributed by atoms with Crippen molar-refractivity contribution >= 4 is 9.84 Å². The Kier molecular flexibility index (Phi) is 4.31. The number of hydrogen-bond donors (Lipinski definition) is 1. The fraction of sp³-hybridized carbons (Fsp3) is 0.600. The molecule has 0 spiro atoms. The average Bonchev–Trinajstić information content (AvgIpc) is 2.75. The molecule has 0 saturated heterocycles. The van der Waals surface area contributed by atoms with Gasteiger partial charge in [0.1, 0.15) is 0 Å². The van der Waals surface area contributed by atoms with Gasteiger partial charge in [0.05, 0.1) is 11.0 Å². The summed E-state index contributed by atoms with van der Waals surface area (Å²) in [4.78, 5) is 0. The minimum absolute atomic E-state index is 0.149. The van der Waals surface area contributed by atoms with Gasteiger partial charge in [0.25, 0.3) is 0 Å². The van der Waals surface area contributed by atoms with Crippen LogP contribution in [0.25, 0.3) is 0 Å². The Morgan fingerprint density at radius 1 is 1.16 bits per heavy atom. The molecule has 1 aromatic rings. The molecule has 1 aliphatic carbocycles. The van der Waals surface area contributed by atoms with Crippen molar-refractivity contribution in [1.29, 1.82) is 0 Å². The number of rotatable bonds is 4. The molecular formula is C15H23NO2S. The average molecular weight is 281 g/mol. The van der Waals surface area contributed by atoms with E-state index in [1.165, 1.54) is 0 Å². The summed E-state index contributed by atoms with van der Waals surface area (Å²) >= 11 is 0. The lowest BCUT2D eigenvalue weighted by Crippen LogP contribution is -2.31. The van der Waals surface area contributed by atoms with Crippen molar-refractivity contribution in [2.75, 3.05) is 6.54 Å². The molecule has 2 rings (SSSR count). The maximum Gasteiger partial charge on any atom is 0.157 e. The third kappa shape index (κ3) is 3.37. The molecule has 3 nitrogen and oxygen atoms in total. The minimum Gasteiger partial charge on any atom is -0.330 e. The van der Waals surface area contributed by atoms with Crippen LogP contribution in [0.1, 0.15) is 36.0 Å². The van der Waals surface area contributed by atoms with Crippen LogP contribution < -0.4 is 5.73 Å². The monoisotopic (exact) mass is 281 g/mol. The van der Waals surface area contributed by atoms with E-state index in [4.69, 9.17) is 5.73 Å². The van der Waals surface area contributed by atoms with Crippen molar-refractivity contribution < 1.29 is 8.42 Å². The lowest BCUT2D eigenvalue weighted by Gasteiger charge is -2.18. The lowest BCUT2D eigenvalue weighted by atomic mass is 10.1. The van der Waals surface area contributed by atoms with E-state index in [1.807, 2.05) is 26.0 Å². The van der Waals surface area contributed by atoms with E-state index in [-0.39, 0.29) is 16.9 Å². The number of aryl methyl sites for hydroxylation is 2. The maximum absolute atomic E-state index is 12.5. The highest BCUT2D eigenvalue weighted by Gasteiger charge is 2.36. The molecule has 19 heavy (non-hydrogen) atoms. The fourth-order valence-electron chi connectivity index (χ4n) is 3.24. The van der Waals surface area contributed by atoms with Gasteiger partial charge in [-0.1, -0.05) is 35.7 Å². The largest absolute Gasteiger partial charge is 0.330 e. The van der Waals surface area contributed by atoms with Crippen LogP contribution in [0, 0.1) is 19.8 Å². The zero-order valence-corrected chi connectivity index (χ0v) is 12.5. The van der Waals surface area contributed by atoms with Crippen molar-refractivity contribution in [3.63, 3.8) is 0 Å². The smallest absolute Gasteiger partial charge is 0.157 e. The molecule has 1 aliphatic rings. The van der Waals surface area contributed by atoms with Crippen LogP contribution in [0.15, 0.2) is 18.2 Å². The van der Waals surface area contributed by atoms with Gasteiger partial charge in [-0.3, -0.25) is 0 Å². The summed E-state index contributed by atoms with van der Waals surface area (Å²) in [5, 5.41) is -0.238. The molecule has 1 aromatic carbocycles. The first-order valence-electron chi connectivity index (χ1n) is 6.91. The van der Waals surface area contributed by atoms with E-state index in [0.29, 0.717) is 6.54 Å². The van der Waals surface area contributed by atoms with Gasteiger partial charge in [-0.15, -0.1) is 0 Å². The standard InChI is InChI=1S/C15H23NO2S/c1-11-6-12(2)8-13(7-11)10-19(17,18)15-5-3-4-14(15)9-16/h6-8,14-15H,3-5,9-10,16H2,1-2H3. The molecule has 0 bridgehead atoms. The Bertz CT molecular complexity index is 531. The fourth-order valence-corrected chi connectivity index (χ4v) is 5.44. The molecule has 0 amide bonds. The zero-order valence-electron chi connectivity index (χ0n) is 11.7. The van der Waals surface area contributed by atoms with Gasteiger partial charge in [0.2, 0.25) is 0 Å².